The predicted octanol–water partition coefficient (Wildman–Crippen LogP) is 2.72. The van der Waals surface area contributed by atoms with Crippen LogP contribution in [0.5, 0.6) is 0 Å². The maximum absolute atomic E-state index is 11.5. The maximum atomic E-state index is 11.5. The summed E-state index contributed by atoms with van der Waals surface area (Å²) in [6, 6.07) is 16.2. The van der Waals surface area contributed by atoms with Gasteiger partial charge in [-0.15, -0.1) is 0 Å². The van der Waals surface area contributed by atoms with E-state index in [2.05, 4.69) is 9.29 Å². The fourth-order valence-corrected chi connectivity index (χ4v) is 3.32. The van der Waals surface area contributed by atoms with Gasteiger partial charge in [-0.1, -0.05) is 36.4 Å². The lowest BCUT2D eigenvalue weighted by atomic mass is 10.1. The zero-order valence-electron chi connectivity index (χ0n) is 13.9. The monoisotopic (exact) mass is 343 g/mol. The van der Waals surface area contributed by atoms with Crippen molar-refractivity contribution in [1.82, 2.24) is 14.3 Å². The Labute approximate surface area is 142 Å². The van der Waals surface area contributed by atoms with Crippen LogP contribution in [0.1, 0.15) is 12.5 Å². The second kappa shape index (κ2) is 6.75. The van der Waals surface area contributed by atoms with E-state index in [1.807, 2.05) is 55.6 Å². The van der Waals surface area contributed by atoms with Crippen molar-refractivity contribution in [3.63, 3.8) is 0 Å². The Morgan fingerprint density at radius 1 is 1.12 bits per heavy atom. The summed E-state index contributed by atoms with van der Waals surface area (Å²) in [7, 11) is -1.13. The largest absolute Gasteiger partial charge is 0.327 e. The Hall–Kier alpha value is -2.18. The second-order valence-corrected chi connectivity index (χ2v) is 7.83. The molecule has 0 aliphatic carbocycles. The first kappa shape index (κ1) is 16.7. The van der Waals surface area contributed by atoms with Gasteiger partial charge in [0.15, 0.2) is 0 Å². The van der Waals surface area contributed by atoms with E-state index in [0.717, 1.165) is 28.0 Å². The van der Waals surface area contributed by atoms with E-state index in [1.165, 1.54) is 0 Å². The molecular weight excluding hydrogens is 322 g/mol. The van der Waals surface area contributed by atoms with Crippen molar-refractivity contribution < 1.29 is 8.42 Å². The highest BCUT2D eigenvalue weighted by atomic mass is 32.2. The number of benzene rings is 2. The van der Waals surface area contributed by atoms with Gasteiger partial charge >= 0.3 is 0 Å². The molecule has 1 heterocycles. The van der Waals surface area contributed by atoms with Crippen LogP contribution in [-0.4, -0.2) is 30.3 Å². The number of aryl methyl sites for hydroxylation is 1. The third-order valence-electron chi connectivity index (χ3n) is 4.09. The summed E-state index contributed by atoms with van der Waals surface area (Å²) >= 11 is 0. The summed E-state index contributed by atoms with van der Waals surface area (Å²) in [4.78, 5) is 4.74. The van der Waals surface area contributed by atoms with Gasteiger partial charge in [0.2, 0.25) is 10.0 Å². The number of hydrogen-bond acceptors (Lipinski definition) is 3. The van der Waals surface area contributed by atoms with Gasteiger partial charge in [0, 0.05) is 19.2 Å². The van der Waals surface area contributed by atoms with Gasteiger partial charge in [0.05, 0.1) is 16.8 Å². The lowest BCUT2D eigenvalue weighted by molar-refractivity contribution is 0.583. The Kier molecular flexibility index (Phi) is 4.69. The summed E-state index contributed by atoms with van der Waals surface area (Å²) < 4.78 is 27.6. The van der Waals surface area contributed by atoms with E-state index in [1.54, 1.807) is 6.92 Å². The van der Waals surface area contributed by atoms with Crippen LogP contribution in [0.15, 0.2) is 48.5 Å². The summed E-state index contributed by atoms with van der Waals surface area (Å²) in [5.41, 5.74) is 4.13. The van der Waals surface area contributed by atoms with Crippen LogP contribution in [0.4, 0.5) is 0 Å². The molecule has 24 heavy (non-hydrogen) atoms. The zero-order valence-corrected chi connectivity index (χ0v) is 14.7. The van der Waals surface area contributed by atoms with Crippen LogP contribution < -0.4 is 4.72 Å². The first-order valence-corrected chi connectivity index (χ1v) is 9.63. The molecule has 5 nitrogen and oxygen atoms in total. The van der Waals surface area contributed by atoms with Gasteiger partial charge in [-0.05, 0) is 31.0 Å². The molecule has 1 aromatic heterocycles. The lowest BCUT2D eigenvalue weighted by Gasteiger charge is -2.05. The number of fused-ring (bicyclic) bond motifs is 1. The number of imidazole rings is 1. The zero-order chi connectivity index (χ0) is 17.2. The third kappa shape index (κ3) is 3.49. The van der Waals surface area contributed by atoms with E-state index in [-0.39, 0.29) is 5.75 Å². The summed E-state index contributed by atoms with van der Waals surface area (Å²) in [5, 5.41) is 0. The van der Waals surface area contributed by atoms with Crippen LogP contribution in [0, 0.1) is 0 Å². The topological polar surface area (TPSA) is 64.0 Å². The smallest absolute Gasteiger partial charge is 0.211 e. The van der Waals surface area contributed by atoms with Gasteiger partial charge < -0.3 is 4.57 Å². The molecule has 0 bridgehead atoms. The fraction of sp³-hybridized carbons (Fsp3) is 0.278. The molecule has 2 aromatic carbocycles. The molecular formula is C18H21N3O2S. The van der Waals surface area contributed by atoms with Crippen LogP contribution in [0.2, 0.25) is 0 Å². The number of sulfonamides is 1. The number of hydrogen-bond donors (Lipinski definition) is 1. The molecule has 0 aliphatic rings. The van der Waals surface area contributed by atoms with Crippen LogP contribution in [0.25, 0.3) is 22.4 Å². The Morgan fingerprint density at radius 3 is 2.58 bits per heavy atom. The Bertz CT molecular complexity index is 947. The van der Waals surface area contributed by atoms with E-state index < -0.39 is 10.0 Å². The van der Waals surface area contributed by atoms with Crippen molar-refractivity contribution in [2.24, 2.45) is 7.05 Å². The molecule has 0 radical (unpaired) electrons. The minimum absolute atomic E-state index is 0.104. The molecule has 0 aliphatic heterocycles. The lowest BCUT2D eigenvalue weighted by Crippen LogP contribution is -2.27. The van der Waals surface area contributed by atoms with Gasteiger partial charge in [-0.25, -0.2) is 18.1 Å². The van der Waals surface area contributed by atoms with E-state index >= 15 is 0 Å². The molecule has 6 heteroatoms. The van der Waals surface area contributed by atoms with Crippen molar-refractivity contribution in [2.75, 3.05) is 12.3 Å². The third-order valence-corrected chi connectivity index (χ3v) is 5.50. The molecule has 0 atom stereocenters. The SMILES string of the molecule is CCS(=O)(=O)NCCc1ccc2c(c1)nc(-c1ccccc1)n2C. The minimum Gasteiger partial charge on any atom is -0.327 e. The highest BCUT2D eigenvalue weighted by molar-refractivity contribution is 7.89. The number of rotatable bonds is 6. The summed E-state index contributed by atoms with van der Waals surface area (Å²) in [6.45, 7) is 2.04. The second-order valence-electron chi connectivity index (χ2n) is 5.73. The first-order valence-electron chi connectivity index (χ1n) is 7.98. The van der Waals surface area contributed by atoms with E-state index in [4.69, 9.17) is 4.98 Å². The van der Waals surface area contributed by atoms with Crippen molar-refractivity contribution in [3.8, 4) is 11.4 Å². The molecule has 0 spiro atoms. The summed E-state index contributed by atoms with van der Waals surface area (Å²) in [6.07, 6.45) is 0.645. The molecule has 0 saturated carbocycles. The van der Waals surface area contributed by atoms with Crippen molar-refractivity contribution in [3.05, 3.63) is 54.1 Å². The molecule has 3 aromatic rings. The number of nitrogens with zero attached hydrogens (tertiary/aromatic N) is 2. The molecule has 1 N–H and O–H groups in total. The minimum atomic E-state index is -3.14. The van der Waals surface area contributed by atoms with Crippen LogP contribution in [-0.2, 0) is 23.5 Å². The standard InChI is InChI=1S/C18H21N3O2S/c1-3-24(22,23)19-12-11-14-9-10-17-16(13-14)20-18(21(17)2)15-7-5-4-6-8-15/h4-10,13,19H,3,11-12H2,1-2H3. The highest BCUT2D eigenvalue weighted by Gasteiger charge is 2.10. The van der Waals surface area contributed by atoms with Crippen LogP contribution in [0.3, 0.4) is 0 Å². The Balaban J connectivity index is 1.84. The normalized spacial score (nSPS) is 11.9. The van der Waals surface area contributed by atoms with Crippen LogP contribution >= 0.6 is 0 Å². The molecule has 126 valence electrons. The molecule has 0 unspecified atom stereocenters. The maximum Gasteiger partial charge on any atom is 0.211 e. The highest BCUT2D eigenvalue weighted by Crippen LogP contribution is 2.24. The average Bonchev–Trinajstić information content (AvgIpc) is 2.92. The van der Waals surface area contributed by atoms with Crippen molar-refractivity contribution in [2.45, 2.75) is 13.3 Å². The predicted molar refractivity (Wildman–Crippen MR) is 97.3 cm³/mol. The van der Waals surface area contributed by atoms with E-state index in [0.29, 0.717) is 13.0 Å². The van der Waals surface area contributed by atoms with E-state index in [9.17, 15) is 8.42 Å². The number of nitrogens with one attached hydrogen (secondary N) is 1. The van der Waals surface area contributed by atoms with Crippen molar-refractivity contribution in [1.29, 1.82) is 0 Å². The van der Waals surface area contributed by atoms with Gasteiger partial charge in [0.1, 0.15) is 5.82 Å². The average molecular weight is 343 g/mol. The summed E-state index contributed by atoms with van der Waals surface area (Å²) in [5.74, 6) is 1.03. The quantitative estimate of drug-likeness (QED) is 0.748. The Morgan fingerprint density at radius 2 is 1.88 bits per heavy atom. The molecule has 0 fully saturated rings. The number of aromatic nitrogens is 2. The van der Waals surface area contributed by atoms with Crippen molar-refractivity contribution >= 4 is 21.1 Å². The van der Waals surface area contributed by atoms with Gasteiger partial charge in [-0.3, -0.25) is 0 Å². The molecule has 0 amide bonds. The van der Waals surface area contributed by atoms with Gasteiger partial charge in [-0.2, -0.15) is 0 Å². The van der Waals surface area contributed by atoms with Gasteiger partial charge in [0.25, 0.3) is 0 Å². The molecule has 3 rings (SSSR count). The molecule has 0 saturated heterocycles. The first-order chi connectivity index (χ1) is 11.5. The fourth-order valence-electron chi connectivity index (χ4n) is 2.70.